The molecule has 1 aliphatic rings. The van der Waals surface area contributed by atoms with Crippen LogP contribution in [-0.2, 0) is 10.1 Å². The number of aliphatic hydroxyl groups excluding tert-OH is 2. The largest absolute Gasteiger partial charge is 0.394 e. The van der Waals surface area contributed by atoms with Gasteiger partial charge in [-0.25, -0.2) is 4.79 Å². The number of benzene rings is 2. The first-order valence-corrected chi connectivity index (χ1v) is 13.6. The van der Waals surface area contributed by atoms with Crippen LogP contribution in [0.3, 0.4) is 0 Å². The molecule has 1 aliphatic heterocycles. The molecule has 1 aromatic heterocycles. The number of rotatable bonds is 8. The third-order valence-corrected chi connectivity index (χ3v) is 10.7. The van der Waals surface area contributed by atoms with Crippen LogP contribution < -0.4 is 21.8 Å². The molecule has 1 saturated heterocycles. The van der Waals surface area contributed by atoms with Crippen molar-refractivity contribution in [3.05, 3.63) is 82.9 Å². The first-order chi connectivity index (χ1) is 16.4. The number of hydrogen-bond donors (Lipinski definition) is 3. The van der Waals surface area contributed by atoms with E-state index < -0.39 is 38.0 Å². The van der Waals surface area contributed by atoms with Gasteiger partial charge < -0.3 is 20.7 Å². The maximum absolute atomic E-state index is 13.4. The van der Waals surface area contributed by atoms with Crippen LogP contribution in [0.1, 0.15) is 31.7 Å². The van der Waals surface area contributed by atoms with Gasteiger partial charge in [0.2, 0.25) is 0 Å². The van der Waals surface area contributed by atoms with E-state index in [-0.39, 0.29) is 12.4 Å². The lowest BCUT2D eigenvalue weighted by molar-refractivity contribution is -0.0795. The minimum absolute atomic E-state index is 0.177. The van der Waals surface area contributed by atoms with E-state index in [0.29, 0.717) is 12.0 Å². The van der Waals surface area contributed by atoms with Gasteiger partial charge in [0.25, 0.3) is 0 Å². The predicted octanol–water partition coefficient (Wildman–Crippen LogP) is 0.926. The molecule has 0 spiro atoms. The van der Waals surface area contributed by atoms with Crippen molar-refractivity contribution in [1.29, 1.82) is 0 Å². The SMILES string of the molecule is CCCC[C@@H]1[C@H](O)[C@@H](CO)O[C@]1(n1cc(C)c(N)nc1=O)[SiH](c1ccccc1)c1ccccc1. The fourth-order valence-electron chi connectivity index (χ4n) is 5.28. The molecule has 4 atom stereocenters. The molecule has 0 amide bonds. The number of aromatic nitrogens is 2. The van der Waals surface area contributed by atoms with Crippen molar-refractivity contribution in [2.75, 3.05) is 12.3 Å². The van der Waals surface area contributed by atoms with E-state index in [4.69, 9.17) is 10.5 Å². The van der Waals surface area contributed by atoms with Crippen molar-refractivity contribution >= 4 is 25.0 Å². The van der Waals surface area contributed by atoms with Crippen LogP contribution in [-0.4, -0.2) is 47.4 Å². The zero-order chi connectivity index (χ0) is 24.3. The van der Waals surface area contributed by atoms with Gasteiger partial charge in [-0.2, -0.15) is 4.98 Å². The summed E-state index contributed by atoms with van der Waals surface area (Å²) in [5.41, 5.74) is 6.13. The molecule has 3 aromatic rings. The van der Waals surface area contributed by atoms with Gasteiger partial charge in [-0.05, 0) is 13.3 Å². The van der Waals surface area contributed by atoms with Crippen LogP contribution in [0.2, 0.25) is 0 Å². The second-order valence-corrected chi connectivity index (χ2v) is 12.1. The Bertz CT molecular complexity index is 1120. The number of hydrogen-bond acceptors (Lipinski definition) is 6. The highest BCUT2D eigenvalue weighted by Gasteiger charge is 2.60. The van der Waals surface area contributed by atoms with Crippen molar-refractivity contribution < 1.29 is 14.9 Å². The first-order valence-electron chi connectivity index (χ1n) is 11.9. The Balaban J connectivity index is 2.08. The number of ether oxygens (including phenoxy) is 1. The van der Waals surface area contributed by atoms with Gasteiger partial charge in [-0.15, -0.1) is 0 Å². The predicted molar refractivity (Wildman–Crippen MR) is 136 cm³/mol. The molecule has 0 aliphatic carbocycles. The zero-order valence-electron chi connectivity index (χ0n) is 19.7. The third-order valence-electron chi connectivity index (χ3n) is 6.92. The van der Waals surface area contributed by atoms with Crippen molar-refractivity contribution in [3.63, 3.8) is 0 Å². The van der Waals surface area contributed by atoms with Crippen LogP contribution in [0.4, 0.5) is 5.82 Å². The summed E-state index contributed by atoms with van der Waals surface area (Å²) in [6, 6.07) is 20.1. The van der Waals surface area contributed by atoms with Crippen LogP contribution in [0.25, 0.3) is 0 Å². The Labute approximate surface area is 201 Å². The molecule has 4 rings (SSSR count). The zero-order valence-corrected chi connectivity index (χ0v) is 20.8. The minimum Gasteiger partial charge on any atom is -0.394 e. The molecule has 0 unspecified atom stereocenters. The summed E-state index contributed by atoms with van der Waals surface area (Å²) in [4.78, 5) is 17.5. The number of anilines is 1. The molecule has 1 fully saturated rings. The van der Waals surface area contributed by atoms with Gasteiger partial charge in [0, 0.05) is 17.7 Å². The lowest BCUT2D eigenvalue weighted by atomic mass is 9.93. The van der Waals surface area contributed by atoms with E-state index in [0.717, 1.165) is 23.2 Å². The summed E-state index contributed by atoms with van der Waals surface area (Å²) >= 11 is 0. The second kappa shape index (κ2) is 10.2. The Kier molecular flexibility index (Phi) is 7.32. The highest BCUT2D eigenvalue weighted by molar-refractivity contribution is 6.86. The van der Waals surface area contributed by atoms with Gasteiger partial charge in [0.1, 0.15) is 17.3 Å². The molecule has 2 heterocycles. The number of unbranched alkanes of at least 4 members (excludes halogenated alkanes) is 1. The highest BCUT2D eigenvalue weighted by Crippen LogP contribution is 2.44. The van der Waals surface area contributed by atoms with Crippen molar-refractivity contribution in [2.24, 2.45) is 5.92 Å². The number of nitrogens with two attached hydrogens (primary N) is 1. The maximum Gasteiger partial charge on any atom is 0.351 e. The summed E-state index contributed by atoms with van der Waals surface area (Å²) in [7, 11) is -2.43. The molecular formula is C26H33N3O4Si. The van der Waals surface area contributed by atoms with E-state index in [1.165, 1.54) is 0 Å². The van der Waals surface area contributed by atoms with Gasteiger partial charge >= 0.3 is 5.69 Å². The first kappa shape index (κ1) is 24.3. The number of nitrogens with zero attached hydrogens (tertiary/aromatic N) is 2. The topological polar surface area (TPSA) is 111 Å². The fourth-order valence-corrected chi connectivity index (χ4v) is 9.40. The van der Waals surface area contributed by atoms with Gasteiger partial charge in [-0.1, -0.05) is 90.8 Å². The third kappa shape index (κ3) is 4.22. The molecule has 0 bridgehead atoms. The summed E-state index contributed by atoms with van der Waals surface area (Å²) in [6.07, 6.45) is 2.40. The Morgan fingerprint density at radius 3 is 2.24 bits per heavy atom. The Morgan fingerprint density at radius 1 is 1.12 bits per heavy atom. The Morgan fingerprint density at radius 2 is 1.71 bits per heavy atom. The van der Waals surface area contributed by atoms with Crippen LogP contribution in [0, 0.1) is 12.8 Å². The molecule has 180 valence electrons. The number of aliphatic hydroxyl groups is 2. The van der Waals surface area contributed by atoms with Crippen molar-refractivity contribution in [3.8, 4) is 0 Å². The van der Waals surface area contributed by atoms with Gasteiger partial charge in [0.05, 0.1) is 12.7 Å². The minimum atomic E-state index is -2.43. The lowest BCUT2D eigenvalue weighted by Gasteiger charge is -2.43. The van der Waals surface area contributed by atoms with Crippen LogP contribution >= 0.6 is 0 Å². The smallest absolute Gasteiger partial charge is 0.351 e. The molecule has 2 aromatic carbocycles. The molecule has 8 heteroatoms. The van der Waals surface area contributed by atoms with E-state index in [9.17, 15) is 15.0 Å². The molecule has 0 saturated carbocycles. The average molecular weight is 480 g/mol. The number of nitrogen functional groups attached to an aromatic ring is 1. The van der Waals surface area contributed by atoms with Crippen molar-refractivity contribution in [2.45, 2.75) is 50.7 Å². The van der Waals surface area contributed by atoms with E-state index in [1.807, 2.05) is 43.3 Å². The summed E-state index contributed by atoms with van der Waals surface area (Å²) in [6.45, 7) is 3.56. The molecule has 4 N–H and O–H groups in total. The van der Waals surface area contributed by atoms with Crippen molar-refractivity contribution in [1.82, 2.24) is 9.55 Å². The van der Waals surface area contributed by atoms with Gasteiger partial charge in [0.15, 0.2) is 8.80 Å². The lowest BCUT2D eigenvalue weighted by Crippen LogP contribution is -2.67. The standard InChI is InChI=1S/C26H33N3O4Si/c1-3-4-15-21-23(31)22(17-30)33-26(21,29-16-18(2)24(27)28-25(29)32)34(19-11-7-5-8-12-19)20-13-9-6-10-14-20/h5-14,16,21-23,30-31,34H,3-4,15,17H2,1-2H3,(H2,27,28,32)/t21-,22-,23+,26+/m1/s1. The van der Waals surface area contributed by atoms with Crippen LogP contribution in [0.5, 0.6) is 0 Å². The number of aryl methyl sites for hydroxylation is 1. The molecule has 34 heavy (non-hydrogen) atoms. The van der Waals surface area contributed by atoms with E-state index in [2.05, 4.69) is 36.2 Å². The summed E-state index contributed by atoms with van der Waals surface area (Å²) in [5, 5.41) is 22.5. The van der Waals surface area contributed by atoms with E-state index in [1.54, 1.807) is 10.8 Å². The molecule has 0 radical (unpaired) electrons. The monoisotopic (exact) mass is 479 g/mol. The molecule has 7 nitrogen and oxygen atoms in total. The fraction of sp³-hybridized carbons (Fsp3) is 0.385. The summed E-state index contributed by atoms with van der Waals surface area (Å²) in [5.74, 6) is -0.236. The Hall–Kier alpha value is -2.78. The highest BCUT2D eigenvalue weighted by atomic mass is 28.3. The quantitative estimate of drug-likeness (QED) is 0.415. The maximum atomic E-state index is 13.4. The average Bonchev–Trinajstić information content (AvgIpc) is 3.13. The normalized spacial score (nSPS) is 24.6. The van der Waals surface area contributed by atoms with E-state index >= 15 is 0 Å². The summed E-state index contributed by atoms with van der Waals surface area (Å²) < 4.78 is 8.26. The van der Waals surface area contributed by atoms with Crippen LogP contribution in [0.15, 0.2) is 71.7 Å². The molecular weight excluding hydrogens is 446 g/mol. The van der Waals surface area contributed by atoms with Gasteiger partial charge in [-0.3, -0.25) is 4.57 Å². The second-order valence-electron chi connectivity index (χ2n) is 9.05.